The number of aromatic amines is 1. The van der Waals surface area contributed by atoms with Crippen LogP contribution in [0, 0.1) is 12.3 Å². The highest BCUT2D eigenvalue weighted by Gasteiger charge is 2.19. The van der Waals surface area contributed by atoms with Crippen LogP contribution in [0.3, 0.4) is 0 Å². The molecule has 0 atom stereocenters. The Hall–Kier alpha value is -3.00. The number of nitrogens with one attached hydrogen (secondary N) is 2. The van der Waals surface area contributed by atoms with E-state index in [2.05, 4.69) is 21.6 Å². The molecule has 0 saturated heterocycles. The molecular formula is C19H26N6O2. The molecule has 0 unspecified atom stereocenters. The lowest BCUT2D eigenvalue weighted by molar-refractivity contribution is 0.0778. The molecule has 27 heavy (non-hydrogen) atoms. The first-order chi connectivity index (χ1) is 12.8. The highest BCUT2D eigenvalue weighted by Crippen LogP contribution is 2.13. The number of rotatable bonds is 9. The van der Waals surface area contributed by atoms with Gasteiger partial charge in [-0.2, -0.15) is 5.10 Å². The van der Waals surface area contributed by atoms with E-state index in [0.29, 0.717) is 42.9 Å². The van der Waals surface area contributed by atoms with Gasteiger partial charge in [0, 0.05) is 45.0 Å². The van der Waals surface area contributed by atoms with Crippen LogP contribution in [0.4, 0.5) is 0 Å². The highest BCUT2D eigenvalue weighted by molar-refractivity contribution is 6.06. The van der Waals surface area contributed by atoms with E-state index in [4.69, 9.17) is 5.41 Å². The molecular weight excluding hydrogens is 344 g/mol. The number of aromatic nitrogens is 3. The van der Waals surface area contributed by atoms with Crippen molar-refractivity contribution in [1.82, 2.24) is 24.6 Å². The molecule has 144 valence electrons. The van der Waals surface area contributed by atoms with Crippen molar-refractivity contribution >= 4 is 17.9 Å². The summed E-state index contributed by atoms with van der Waals surface area (Å²) in [6, 6.07) is 1.69. The number of likely N-dealkylation sites (N-methyl/N-ethyl adjacent to an activating group) is 2. The zero-order valence-corrected chi connectivity index (χ0v) is 16.2. The lowest BCUT2D eigenvalue weighted by Crippen LogP contribution is -2.35. The van der Waals surface area contributed by atoms with Gasteiger partial charge in [-0.05, 0) is 26.1 Å². The number of aldehydes is 1. The zero-order chi connectivity index (χ0) is 20.1. The molecule has 0 saturated carbocycles. The van der Waals surface area contributed by atoms with E-state index in [9.17, 15) is 9.59 Å². The quantitative estimate of drug-likeness (QED) is 0.518. The number of nitrogens with zero attached hydrogens (tertiary/aromatic N) is 4. The molecule has 0 bridgehead atoms. The van der Waals surface area contributed by atoms with E-state index < -0.39 is 0 Å². The van der Waals surface area contributed by atoms with E-state index in [1.165, 1.54) is 6.08 Å². The summed E-state index contributed by atoms with van der Waals surface area (Å²) in [5.41, 5.74) is 3.48. The van der Waals surface area contributed by atoms with Crippen LogP contribution in [0.25, 0.3) is 0 Å². The predicted octanol–water partition coefficient (Wildman–Crippen LogP) is 1.63. The summed E-state index contributed by atoms with van der Waals surface area (Å²) in [5, 5.41) is 12.2. The number of amides is 1. The molecule has 0 aromatic carbocycles. The van der Waals surface area contributed by atoms with Crippen molar-refractivity contribution in [3.8, 4) is 0 Å². The minimum atomic E-state index is -0.190. The largest absolute Gasteiger partial charge is 0.356 e. The summed E-state index contributed by atoms with van der Waals surface area (Å²) < 4.78 is 1.75. The molecule has 0 aliphatic heterocycles. The van der Waals surface area contributed by atoms with E-state index in [-0.39, 0.29) is 5.91 Å². The molecule has 2 rings (SSSR count). The Morgan fingerprint density at radius 2 is 2.07 bits per heavy atom. The fraction of sp³-hybridized carbons (Fsp3) is 0.368. The molecule has 2 heterocycles. The molecule has 8 heteroatoms. The Morgan fingerprint density at radius 3 is 2.70 bits per heavy atom. The summed E-state index contributed by atoms with van der Waals surface area (Å²) >= 11 is 0. The van der Waals surface area contributed by atoms with E-state index in [1.807, 2.05) is 21.0 Å². The second kappa shape index (κ2) is 8.59. The number of carbonyl (C=O) groups excluding carboxylic acids is 2. The maximum Gasteiger partial charge on any atom is 0.255 e. The zero-order valence-electron chi connectivity index (χ0n) is 16.2. The SMILES string of the molecule is C=CC(=N)c1cnn(C)c1CN(C)CCN(C)C(=O)c1cc(C)[nH]c1C=O. The highest BCUT2D eigenvalue weighted by atomic mass is 16.2. The van der Waals surface area contributed by atoms with Crippen molar-refractivity contribution in [3.05, 3.63) is 53.1 Å². The van der Waals surface area contributed by atoms with Gasteiger partial charge in [0.1, 0.15) is 0 Å². The summed E-state index contributed by atoms with van der Waals surface area (Å²) in [6.45, 7) is 7.18. The summed E-state index contributed by atoms with van der Waals surface area (Å²) in [6.07, 6.45) is 3.83. The molecule has 2 aromatic rings. The average Bonchev–Trinajstić information content (AvgIpc) is 3.21. The van der Waals surface area contributed by atoms with E-state index in [0.717, 1.165) is 17.0 Å². The van der Waals surface area contributed by atoms with Crippen LogP contribution in [0.15, 0.2) is 24.9 Å². The predicted molar refractivity (Wildman–Crippen MR) is 104 cm³/mol. The molecule has 8 nitrogen and oxygen atoms in total. The Bertz CT molecular complexity index is 864. The van der Waals surface area contributed by atoms with Crippen LogP contribution < -0.4 is 0 Å². The molecule has 2 aromatic heterocycles. The Balaban J connectivity index is 1.99. The summed E-state index contributed by atoms with van der Waals surface area (Å²) in [5.74, 6) is -0.190. The van der Waals surface area contributed by atoms with Gasteiger partial charge in [-0.15, -0.1) is 0 Å². The molecule has 0 aliphatic rings. The van der Waals surface area contributed by atoms with Gasteiger partial charge in [-0.1, -0.05) is 6.58 Å². The number of carbonyl (C=O) groups is 2. The first kappa shape index (κ1) is 20.3. The number of H-pyrrole nitrogens is 1. The van der Waals surface area contributed by atoms with Gasteiger partial charge >= 0.3 is 0 Å². The number of hydrogen-bond acceptors (Lipinski definition) is 5. The van der Waals surface area contributed by atoms with Crippen LogP contribution in [0.5, 0.6) is 0 Å². The van der Waals surface area contributed by atoms with Crippen molar-refractivity contribution in [2.75, 3.05) is 27.2 Å². The van der Waals surface area contributed by atoms with Crippen LogP contribution in [-0.4, -0.2) is 69.7 Å². The molecule has 1 amide bonds. The third-order valence-corrected chi connectivity index (χ3v) is 4.47. The van der Waals surface area contributed by atoms with Gasteiger partial charge in [-0.3, -0.25) is 19.2 Å². The minimum absolute atomic E-state index is 0.190. The molecule has 0 radical (unpaired) electrons. The van der Waals surface area contributed by atoms with Crippen LogP contribution >= 0.6 is 0 Å². The maximum atomic E-state index is 12.6. The fourth-order valence-electron chi connectivity index (χ4n) is 2.83. The third-order valence-electron chi connectivity index (χ3n) is 4.47. The van der Waals surface area contributed by atoms with Gasteiger partial charge in [0.2, 0.25) is 0 Å². The van der Waals surface area contributed by atoms with Crippen molar-refractivity contribution in [1.29, 1.82) is 5.41 Å². The first-order valence-electron chi connectivity index (χ1n) is 8.59. The van der Waals surface area contributed by atoms with E-state index in [1.54, 1.807) is 28.9 Å². The first-order valence-corrected chi connectivity index (χ1v) is 8.59. The number of aryl methyl sites for hydroxylation is 2. The van der Waals surface area contributed by atoms with Gasteiger partial charge in [0.05, 0.1) is 28.9 Å². The molecule has 0 fully saturated rings. The number of hydrogen-bond donors (Lipinski definition) is 2. The average molecular weight is 370 g/mol. The molecule has 2 N–H and O–H groups in total. The van der Waals surface area contributed by atoms with E-state index >= 15 is 0 Å². The second-order valence-corrected chi connectivity index (χ2v) is 6.61. The van der Waals surface area contributed by atoms with Crippen LogP contribution in [0.1, 0.15) is 37.8 Å². The Kier molecular flexibility index (Phi) is 6.46. The second-order valence-electron chi connectivity index (χ2n) is 6.61. The lowest BCUT2D eigenvalue weighted by Gasteiger charge is -2.22. The van der Waals surface area contributed by atoms with Crippen LogP contribution in [0.2, 0.25) is 0 Å². The normalized spacial score (nSPS) is 10.9. The van der Waals surface area contributed by atoms with Crippen molar-refractivity contribution in [2.24, 2.45) is 7.05 Å². The number of allylic oxidation sites excluding steroid dienone is 1. The lowest BCUT2D eigenvalue weighted by atomic mass is 10.1. The van der Waals surface area contributed by atoms with Gasteiger partial charge < -0.3 is 15.3 Å². The topological polar surface area (TPSA) is 98.1 Å². The standard InChI is InChI=1S/C19H26N6O2/c1-6-16(20)15-10-21-25(5)18(15)11-23(3)7-8-24(4)19(27)14-9-13(2)22-17(14)12-26/h6,9-10,12,20,22H,1,7-8,11H2,2-5H3. The third kappa shape index (κ3) is 4.59. The van der Waals surface area contributed by atoms with Crippen molar-refractivity contribution in [3.63, 3.8) is 0 Å². The smallest absolute Gasteiger partial charge is 0.255 e. The van der Waals surface area contributed by atoms with Crippen molar-refractivity contribution in [2.45, 2.75) is 13.5 Å². The molecule has 0 spiro atoms. The van der Waals surface area contributed by atoms with Gasteiger partial charge in [0.25, 0.3) is 5.91 Å². The molecule has 0 aliphatic carbocycles. The van der Waals surface area contributed by atoms with Gasteiger partial charge in [-0.25, -0.2) is 0 Å². The maximum absolute atomic E-state index is 12.6. The van der Waals surface area contributed by atoms with Gasteiger partial charge in [0.15, 0.2) is 6.29 Å². The summed E-state index contributed by atoms with van der Waals surface area (Å²) in [4.78, 5) is 30.2. The van der Waals surface area contributed by atoms with Crippen molar-refractivity contribution < 1.29 is 9.59 Å². The van der Waals surface area contributed by atoms with Crippen LogP contribution in [-0.2, 0) is 13.6 Å². The monoisotopic (exact) mass is 370 g/mol. The minimum Gasteiger partial charge on any atom is -0.356 e. The fourth-order valence-corrected chi connectivity index (χ4v) is 2.83. The Morgan fingerprint density at radius 1 is 1.37 bits per heavy atom. The summed E-state index contributed by atoms with van der Waals surface area (Å²) in [7, 11) is 5.51. The Labute approximate surface area is 159 Å².